The summed E-state index contributed by atoms with van der Waals surface area (Å²) in [5.41, 5.74) is 1.39. The molecule has 1 aliphatic rings. The van der Waals surface area contributed by atoms with E-state index in [1.807, 2.05) is 30.3 Å². The molecule has 0 radical (unpaired) electrons. The molecule has 3 aromatic carbocycles. The Morgan fingerprint density at radius 1 is 0.788 bits per heavy atom. The highest BCUT2D eigenvalue weighted by Gasteiger charge is 2.62. The monoisotopic (exact) mass is 482 g/mol. The average molecular weight is 483 g/mol. The number of methoxy groups -OCH3 is 1. The molecule has 0 saturated heterocycles. The van der Waals surface area contributed by atoms with E-state index in [4.69, 9.17) is 4.74 Å². The minimum absolute atomic E-state index is 0.0216. The number of hydrogen-bond donors (Lipinski definition) is 0. The van der Waals surface area contributed by atoms with Gasteiger partial charge >= 0.3 is 0 Å². The lowest BCUT2D eigenvalue weighted by molar-refractivity contribution is 0.0660. The first-order valence-electron chi connectivity index (χ1n) is 10.6. The summed E-state index contributed by atoms with van der Waals surface area (Å²) in [5, 5.41) is 0. The molecular weight excluding hydrogens is 456 g/mol. The van der Waals surface area contributed by atoms with Gasteiger partial charge in [0.05, 0.1) is 15.9 Å². The lowest BCUT2D eigenvalue weighted by Crippen LogP contribution is -2.44. The van der Waals surface area contributed by atoms with Gasteiger partial charge in [-0.1, -0.05) is 78.9 Å². The van der Waals surface area contributed by atoms with E-state index in [0.29, 0.717) is 5.57 Å². The Kier molecular flexibility index (Phi) is 6.31. The highest BCUT2D eigenvalue weighted by molar-refractivity contribution is 8.10. The first-order valence-corrected chi connectivity index (χ1v) is 13.6. The zero-order valence-corrected chi connectivity index (χ0v) is 19.9. The fourth-order valence-corrected chi connectivity index (χ4v) is 9.88. The van der Waals surface area contributed by atoms with Crippen LogP contribution in [0.1, 0.15) is 24.5 Å². The van der Waals surface area contributed by atoms with Gasteiger partial charge in [0, 0.05) is 19.4 Å². The van der Waals surface area contributed by atoms with Crippen LogP contribution in [0.3, 0.4) is 0 Å². The van der Waals surface area contributed by atoms with Crippen LogP contribution in [0.4, 0.5) is 0 Å². The predicted molar refractivity (Wildman–Crippen MR) is 128 cm³/mol. The SMILES string of the molecule is C=C1CC(S(=O)(=O)c2ccccc2)(S(=O)(=O)c2ccccc2)C[C@H]1[C@@H](OC)c1ccccc1. The number of rotatable bonds is 7. The van der Waals surface area contributed by atoms with E-state index in [1.54, 1.807) is 43.5 Å². The molecule has 1 aliphatic carbocycles. The van der Waals surface area contributed by atoms with Gasteiger partial charge in [0.1, 0.15) is 0 Å². The molecular formula is C26H26O5S2. The maximum Gasteiger partial charge on any atom is 0.199 e. The minimum atomic E-state index is -4.30. The number of hydrogen-bond acceptors (Lipinski definition) is 5. The molecule has 7 heteroatoms. The Bertz CT molecular complexity index is 1260. The smallest absolute Gasteiger partial charge is 0.199 e. The normalized spacial score (nSPS) is 19.3. The van der Waals surface area contributed by atoms with Crippen LogP contribution >= 0.6 is 0 Å². The summed E-state index contributed by atoms with van der Waals surface area (Å²) >= 11 is 0. The molecule has 172 valence electrons. The van der Waals surface area contributed by atoms with Crippen LogP contribution in [0.15, 0.2) is 113 Å². The first kappa shape index (κ1) is 23.4. The van der Waals surface area contributed by atoms with E-state index in [2.05, 4.69) is 6.58 Å². The molecule has 0 spiro atoms. The highest BCUT2D eigenvalue weighted by atomic mass is 32.3. The summed E-state index contributed by atoms with van der Waals surface area (Å²) in [4.78, 5) is -0.0433. The fraction of sp³-hybridized carbons (Fsp3) is 0.231. The Balaban J connectivity index is 1.91. The van der Waals surface area contributed by atoms with Gasteiger partial charge in [-0.3, -0.25) is 0 Å². The van der Waals surface area contributed by atoms with E-state index in [1.165, 1.54) is 24.3 Å². The van der Waals surface area contributed by atoms with Crippen molar-refractivity contribution in [2.45, 2.75) is 32.8 Å². The predicted octanol–water partition coefficient (Wildman–Crippen LogP) is 4.98. The third-order valence-electron chi connectivity index (χ3n) is 6.39. The van der Waals surface area contributed by atoms with Crippen molar-refractivity contribution in [1.29, 1.82) is 0 Å². The molecule has 4 rings (SSSR count). The Labute approximate surface area is 195 Å². The highest BCUT2D eigenvalue weighted by Crippen LogP contribution is 2.54. The zero-order valence-electron chi connectivity index (χ0n) is 18.3. The molecule has 0 bridgehead atoms. The summed E-state index contributed by atoms with van der Waals surface area (Å²) in [5.74, 6) is -0.491. The van der Waals surface area contributed by atoms with Gasteiger partial charge in [0.15, 0.2) is 23.8 Å². The minimum Gasteiger partial charge on any atom is -0.376 e. The number of sulfone groups is 2. The third-order valence-corrected chi connectivity index (χ3v) is 12.1. The molecule has 33 heavy (non-hydrogen) atoms. The Morgan fingerprint density at radius 3 is 1.64 bits per heavy atom. The molecule has 0 N–H and O–H groups in total. The lowest BCUT2D eigenvalue weighted by atomic mass is 9.92. The van der Waals surface area contributed by atoms with E-state index in [-0.39, 0.29) is 22.6 Å². The first-order chi connectivity index (χ1) is 15.7. The molecule has 0 aromatic heterocycles. The maximum atomic E-state index is 14.1. The van der Waals surface area contributed by atoms with Gasteiger partial charge in [-0.05, 0) is 36.2 Å². The lowest BCUT2D eigenvalue weighted by Gasteiger charge is -2.30. The van der Waals surface area contributed by atoms with Crippen molar-refractivity contribution >= 4 is 19.7 Å². The standard InChI is InChI=1S/C26H26O5S2/c1-20-18-26(32(27,28)22-14-8-4-9-15-22,33(29,30)23-16-10-5-11-17-23)19-24(20)25(31-2)21-12-6-3-7-13-21/h3-17,24-25H,1,18-19H2,2H3/t24-,25+/m1/s1. The molecule has 3 aromatic rings. The van der Waals surface area contributed by atoms with E-state index < -0.39 is 35.8 Å². The van der Waals surface area contributed by atoms with Crippen LogP contribution in [-0.2, 0) is 24.4 Å². The molecule has 1 fully saturated rings. The largest absolute Gasteiger partial charge is 0.376 e. The van der Waals surface area contributed by atoms with Crippen molar-refractivity contribution in [2.75, 3.05) is 7.11 Å². The van der Waals surface area contributed by atoms with Crippen LogP contribution in [0.5, 0.6) is 0 Å². The van der Waals surface area contributed by atoms with Crippen LogP contribution in [0.25, 0.3) is 0 Å². The average Bonchev–Trinajstić information content (AvgIpc) is 3.21. The Morgan fingerprint density at radius 2 is 1.21 bits per heavy atom. The van der Waals surface area contributed by atoms with Gasteiger partial charge in [0.25, 0.3) is 0 Å². The van der Waals surface area contributed by atoms with Crippen molar-refractivity contribution in [2.24, 2.45) is 5.92 Å². The van der Waals surface area contributed by atoms with E-state index in [9.17, 15) is 16.8 Å². The molecule has 0 amide bonds. The van der Waals surface area contributed by atoms with E-state index in [0.717, 1.165) is 5.56 Å². The number of ether oxygens (including phenoxy) is 1. The van der Waals surface area contributed by atoms with Crippen molar-refractivity contribution < 1.29 is 21.6 Å². The summed E-state index contributed by atoms with van der Waals surface area (Å²) in [6.45, 7) is 4.13. The van der Waals surface area contributed by atoms with Crippen molar-refractivity contribution in [3.63, 3.8) is 0 Å². The van der Waals surface area contributed by atoms with Crippen molar-refractivity contribution in [1.82, 2.24) is 0 Å². The van der Waals surface area contributed by atoms with Gasteiger partial charge in [-0.15, -0.1) is 0 Å². The second-order valence-corrected chi connectivity index (χ2v) is 13.0. The van der Waals surface area contributed by atoms with Crippen LogP contribution in [0, 0.1) is 5.92 Å². The summed E-state index contributed by atoms with van der Waals surface area (Å²) < 4.78 is 59.9. The van der Waals surface area contributed by atoms with Gasteiger partial charge < -0.3 is 4.74 Å². The summed E-state index contributed by atoms with van der Waals surface area (Å²) in [6, 6.07) is 24.9. The van der Waals surface area contributed by atoms with Gasteiger partial charge in [0.2, 0.25) is 0 Å². The fourth-order valence-electron chi connectivity index (χ4n) is 4.71. The summed E-state index contributed by atoms with van der Waals surface area (Å²) in [7, 11) is -7.06. The molecule has 0 unspecified atom stereocenters. The van der Waals surface area contributed by atoms with Crippen LogP contribution in [-0.4, -0.2) is 28.0 Å². The van der Waals surface area contributed by atoms with Crippen molar-refractivity contribution in [3.05, 3.63) is 109 Å². The van der Waals surface area contributed by atoms with E-state index >= 15 is 0 Å². The second kappa shape index (κ2) is 8.89. The summed E-state index contributed by atoms with van der Waals surface area (Å²) in [6.07, 6.45) is -0.857. The van der Waals surface area contributed by atoms with Gasteiger partial charge in [-0.2, -0.15) is 0 Å². The second-order valence-electron chi connectivity index (χ2n) is 8.26. The molecule has 0 aliphatic heterocycles. The molecule has 2 atom stereocenters. The zero-order chi connectivity index (χ0) is 23.7. The third kappa shape index (κ3) is 3.84. The van der Waals surface area contributed by atoms with Crippen molar-refractivity contribution in [3.8, 4) is 0 Å². The topological polar surface area (TPSA) is 77.5 Å². The van der Waals surface area contributed by atoms with Crippen LogP contribution in [0.2, 0.25) is 0 Å². The maximum absolute atomic E-state index is 14.1. The van der Waals surface area contributed by atoms with Gasteiger partial charge in [-0.25, -0.2) is 16.8 Å². The van der Waals surface area contributed by atoms with Crippen LogP contribution < -0.4 is 0 Å². The molecule has 1 saturated carbocycles. The number of benzene rings is 3. The quantitative estimate of drug-likeness (QED) is 0.444. The molecule has 0 heterocycles. The Hall–Kier alpha value is -2.74. The molecule has 5 nitrogen and oxygen atoms in total.